The molecule has 0 N–H and O–H groups in total. The second-order valence-corrected chi connectivity index (χ2v) is 6.92. The Morgan fingerprint density at radius 1 is 0.800 bits per heavy atom. The standard InChI is InChI=1S/C9H4Cl4N4O2S/c10-4-1-5(11)15-8(14-4)3-20(18,19)9-16-6(12)2-7(13)17-9/h1-2H,3H2. The van der Waals surface area contributed by atoms with Crippen molar-refractivity contribution in [1.29, 1.82) is 0 Å². The molecule has 0 unspecified atom stereocenters. The molecule has 106 valence electrons. The molecule has 0 atom stereocenters. The summed E-state index contributed by atoms with van der Waals surface area (Å²) in [5.74, 6) is -0.661. The maximum Gasteiger partial charge on any atom is 0.250 e. The van der Waals surface area contributed by atoms with Crippen LogP contribution in [0.15, 0.2) is 17.3 Å². The highest BCUT2D eigenvalue weighted by Gasteiger charge is 2.22. The first kappa shape index (κ1) is 15.7. The van der Waals surface area contributed by atoms with Crippen LogP contribution in [0, 0.1) is 0 Å². The molecule has 11 heteroatoms. The summed E-state index contributed by atoms with van der Waals surface area (Å²) in [6, 6.07) is 2.50. The largest absolute Gasteiger partial charge is 0.250 e. The SMILES string of the molecule is O=S(=O)(Cc1nc(Cl)cc(Cl)n1)c1nc(Cl)cc(Cl)n1. The lowest BCUT2D eigenvalue weighted by Crippen LogP contribution is -2.12. The summed E-state index contributed by atoms with van der Waals surface area (Å²) in [4.78, 5) is 14.7. The zero-order valence-corrected chi connectivity index (χ0v) is 13.2. The van der Waals surface area contributed by atoms with Crippen LogP contribution in [0.5, 0.6) is 0 Å². The van der Waals surface area contributed by atoms with Gasteiger partial charge in [-0.15, -0.1) is 0 Å². The number of halogens is 4. The van der Waals surface area contributed by atoms with E-state index >= 15 is 0 Å². The van der Waals surface area contributed by atoms with Gasteiger partial charge in [-0.25, -0.2) is 28.4 Å². The molecular weight excluding hydrogens is 370 g/mol. The van der Waals surface area contributed by atoms with Crippen molar-refractivity contribution in [2.75, 3.05) is 0 Å². The maximum absolute atomic E-state index is 12.1. The van der Waals surface area contributed by atoms with E-state index in [1.54, 1.807) is 0 Å². The predicted molar refractivity (Wildman–Crippen MR) is 75.0 cm³/mol. The highest BCUT2D eigenvalue weighted by molar-refractivity contribution is 7.90. The first-order chi connectivity index (χ1) is 9.26. The van der Waals surface area contributed by atoms with Gasteiger partial charge < -0.3 is 0 Å². The third-order valence-corrected chi connectivity index (χ3v) is 4.10. The van der Waals surface area contributed by atoms with Crippen LogP contribution in [-0.4, -0.2) is 28.4 Å². The molecule has 0 bridgehead atoms. The third kappa shape index (κ3) is 3.89. The van der Waals surface area contributed by atoms with Crippen molar-refractivity contribution >= 4 is 56.2 Å². The van der Waals surface area contributed by atoms with E-state index in [-0.39, 0.29) is 26.4 Å². The molecule has 0 aliphatic rings. The number of nitrogens with zero attached hydrogens (tertiary/aromatic N) is 4. The van der Waals surface area contributed by atoms with Gasteiger partial charge in [-0.05, 0) is 0 Å². The first-order valence-corrected chi connectivity index (χ1v) is 8.04. The Balaban J connectivity index is 2.40. The second kappa shape index (κ2) is 5.95. The zero-order chi connectivity index (χ0) is 14.9. The topological polar surface area (TPSA) is 85.7 Å². The average Bonchev–Trinajstić information content (AvgIpc) is 2.25. The lowest BCUT2D eigenvalue weighted by molar-refractivity contribution is 0.584. The highest BCUT2D eigenvalue weighted by atomic mass is 35.5. The summed E-state index contributed by atoms with van der Waals surface area (Å²) >= 11 is 22.6. The van der Waals surface area contributed by atoms with Crippen LogP contribution in [0.2, 0.25) is 20.6 Å². The Morgan fingerprint density at radius 2 is 1.20 bits per heavy atom. The van der Waals surface area contributed by atoms with Gasteiger partial charge in [0.15, 0.2) is 0 Å². The van der Waals surface area contributed by atoms with Gasteiger partial charge in [-0.3, -0.25) is 0 Å². The molecule has 0 spiro atoms. The molecular formula is C9H4Cl4N4O2S. The van der Waals surface area contributed by atoms with Crippen LogP contribution in [0.25, 0.3) is 0 Å². The fourth-order valence-corrected chi connectivity index (χ4v) is 3.30. The molecule has 20 heavy (non-hydrogen) atoms. The van der Waals surface area contributed by atoms with Crippen molar-refractivity contribution in [1.82, 2.24) is 19.9 Å². The zero-order valence-electron chi connectivity index (χ0n) is 9.39. The Hall–Kier alpha value is -0.730. The Bertz CT molecular complexity index is 728. The molecule has 6 nitrogen and oxygen atoms in total. The molecule has 2 aromatic heterocycles. The molecule has 2 rings (SSSR count). The van der Waals surface area contributed by atoms with Crippen LogP contribution < -0.4 is 0 Å². The molecule has 0 aliphatic carbocycles. The van der Waals surface area contributed by atoms with Gasteiger partial charge in [0, 0.05) is 12.1 Å². The fraction of sp³-hybridized carbons (Fsp3) is 0.111. The van der Waals surface area contributed by atoms with Crippen LogP contribution in [-0.2, 0) is 15.6 Å². The summed E-state index contributed by atoms with van der Waals surface area (Å²) in [7, 11) is -3.93. The van der Waals surface area contributed by atoms with E-state index in [1.807, 2.05) is 0 Å². The van der Waals surface area contributed by atoms with Crippen LogP contribution in [0.1, 0.15) is 5.82 Å². The number of hydrogen-bond donors (Lipinski definition) is 0. The number of sulfone groups is 1. The van der Waals surface area contributed by atoms with Gasteiger partial charge in [0.1, 0.15) is 32.2 Å². The Kier molecular flexibility index (Phi) is 4.66. The summed E-state index contributed by atoms with van der Waals surface area (Å²) in [6.45, 7) is 0. The molecule has 0 aromatic carbocycles. The minimum absolute atomic E-state index is 0.0280. The molecule has 2 heterocycles. The van der Waals surface area contributed by atoms with E-state index < -0.39 is 20.7 Å². The Labute approximate surface area is 134 Å². The number of aromatic nitrogens is 4. The minimum Gasteiger partial charge on any atom is -0.220 e. The summed E-state index contributed by atoms with van der Waals surface area (Å²) in [5.41, 5.74) is 0. The smallest absolute Gasteiger partial charge is 0.220 e. The van der Waals surface area contributed by atoms with Crippen molar-refractivity contribution in [3.8, 4) is 0 Å². The predicted octanol–water partition coefficient (Wildman–Crippen LogP) is 2.85. The molecule has 0 amide bonds. The summed E-state index contributed by atoms with van der Waals surface area (Å²) in [5, 5.41) is -0.641. The van der Waals surface area contributed by atoms with Crippen LogP contribution in [0.3, 0.4) is 0 Å². The first-order valence-electron chi connectivity index (χ1n) is 4.88. The van der Waals surface area contributed by atoms with Gasteiger partial charge in [-0.1, -0.05) is 46.4 Å². The normalized spacial score (nSPS) is 11.6. The van der Waals surface area contributed by atoms with Gasteiger partial charge in [-0.2, -0.15) is 0 Å². The van der Waals surface area contributed by atoms with Crippen molar-refractivity contribution < 1.29 is 8.42 Å². The lowest BCUT2D eigenvalue weighted by atomic mass is 10.6. The van der Waals surface area contributed by atoms with E-state index in [2.05, 4.69) is 19.9 Å². The van der Waals surface area contributed by atoms with Crippen LogP contribution in [0.4, 0.5) is 0 Å². The van der Waals surface area contributed by atoms with Gasteiger partial charge >= 0.3 is 0 Å². The van der Waals surface area contributed by atoms with E-state index in [0.29, 0.717) is 0 Å². The number of rotatable bonds is 3. The Morgan fingerprint density at radius 3 is 1.65 bits per heavy atom. The molecule has 0 aliphatic heterocycles. The minimum atomic E-state index is -3.93. The van der Waals surface area contributed by atoms with Crippen molar-refractivity contribution in [3.05, 3.63) is 38.6 Å². The molecule has 2 aromatic rings. The average molecular weight is 374 g/mol. The van der Waals surface area contributed by atoms with Gasteiger partial charge in [0.2, 0.25) is 15.0 Å². The van der Waals surface area contributed by atoms with E-state index in [0.717, 1.165) is 0 Å². The summed E-state index contributed by atoms with van der Waals surface area (Å²) in [6.07, 6.45) is 0. The lowest BCUT2D eigenvalue weighted by Gasteiger charge is -2.04. The van der Waals surface area contributed by atoms with Crippen molar-refractivity contribution in [2.45, 2.75) is 10.9 Å². The van der Waals surface area contributed by atoms with E-state index in [1.165, 1.54) is 12.1 Å². The fourth-order valence-electron chi connectivity index (χ4n) is 1.24. The highest BCUT2D eigenvalue weighted by Crippen LogP contribution is 2.19. The number of hydrogen-bond acceptors (Lipinski definition) is 6. The third-order valence-electron chi connectivity index (χ3n) is 1.95. The van der Waals surface area contributed by atoms with Crippen molar-refractivity contribution in [2.24, 2.45) is 0 Å². The van der Waals surface area contributed by atoms with Crippen LogP contribution >= 0.6 is 46.4 Å². The monoisotopic (exact) mass is 372 g/mol. The van der Waals surface area contributed by atoms with Crippen molar-refractivity contribution in [3.63, 3.8) is 0 Å². The maximum atomic E-state index is 12.1. The quantitative estimate of drug-likeness (QED) is 0.607. The molecule has 0 saturated carbocycles. The van der Waals surface area contributed by atoms with Gasteiger partial charge in [0.05, 0.1) is 0 Å². The molecule has 0 saturated heterocycles. The van der Waals surface area contributed by atoms with E-state index in [4.69, 9.17) is 46.4 Å². The second-order valence-electron chi connectivity index (χ2n) is 3.48. The van der Waals surface area contributed by atoms with E-state index in [9.17, 15) is 8.42 Å². The summed E-state index contributed by atoms with van der Waals surface area (Å²) < 4.78 is 24.2. The molecule has 0 radical (unpaired) electrons. The molecule has 0 fully saturated rings. The van der Waals surface area contributed by atoms with Gasteiger partial charge in [0.25, 0.3) is 0 Å².